The summed E-state index contributed by atoms with van der Waals surface area (Å²) in [6, 6.07) is 8.02. The molecule has 7 heteroatoms. The number of H-pyrrole nitrogens is 1. The lowest BCUT2D eigenvalue weighted by atomic mass is 10.1. The minimum absolute atomic E-state index is 0.0301. The Morgan fingerprint density at radius 2 is 1.73 bits per heavy atom. The molecule has 0 aliphatic carbocycles. The summed E-state index contributed by atoms with van der Waals surface area (Å²) in [5, 5.41) is 0. The van der Waals surface area contributed by atoms with E-state index >= 15 is 0 Å². The van der Waals surface area contributed by atoms with Crippen molar-refractivity contribution in [1.82, 2.24) is 19.9 Å². The van der Waals surface area contributed by atoms with Crippen molar-refractivity contribution in [3.8, 4) is 0 Å². The maximum absolute atomic E-state index is 12.6. The van der Waals surface area contributed by atoms with E-state index in [0.29, 0.717) is 17.8 Å². The molecule has 22 heavy (non-hydrogen) atoms. The van der Waals surface area contributed by atoms with Crippen LogP contribution in [0.1, 0.15) is 29.7 Å². The molecule has 1 aromatic carbocycles. The third-order valence-electron chi connectivity index (χ3n) is 3.34. The number of rotatable bonds is 3. The van der Waals surface area contributed by atoms with Gasteiger partial charge in [0.05, 0.1) is 6.20 Å². The highest BCUT2D eigenvalue weighted by Crippen LogP contribution is 2.26. The summed E-state index contributed by atoms with van der Waals surface area (Å²) in [5.74, 6) is -0.613. The van der Waals surface area contributed by atoms with Gasteiger partial charge < -0.3 is 4.98 Å². The van der Waals surface area contributed by atoms with Gasteiger partial charge >= 0.3 is 6.18 Å². The number of benzene rings is 1. The first-order chi connectivity index (χ1) is 10.5. The smallest absolute Gasteiger partial charge is 0.339 e. The molecule has 0 spiro atoms. The molecule has 0 radical (unpaired) electrons. The van der Waals surface area contributed by atoms with Crippen LogP contribution in [0.4, 0.5) is 13.2 Å². The lowest BCUT2D eigenvalue weighted by Gasteiger charge is -2.02. The van der Waals surface area contributed by atoms with E-state index in [1.807, 2.05) is 24.3 Å². The fourth-order valence-corrected chi connectivity index (χ4v) is 2.16. The van der Waals surface area contributed by atoms with E-state index in [2.05, 4.69) is 26.9 Å². The predicted octanol–water partition coefficient (Wildman–Crippen LogP) is 3.52. The Morgan fingerprint density at radius 3 is 2.36 bits per heavy atom. The number of aryl methyl sites for hydroxylation is 1. The summed E-state index contributed by atoms with van der Waals surface area (Å²) in [5.41, 5.74) is 2.69. The predicted molar refractivity (Wildman–Crippen MR) is 75.3 cm³/mol. The zero-order valence-electron chi connectivity index (χ0n) is 11.8. The Labute approximate surface area is 124 Å². The Kier molecular flexibility index (Phi) is 3.56. The van der Waals surface area contributed by atoms with E-state index in [-0.39, 0.29) is 5.65 Å². The van der Waals surface area contributed by atoms with Crippen molar-refractivity contribution in [3.63, 3.8) is 0 Å². The number of imidazole rings is 1. The van der Waals surface area contributed by atoms with Gasteiger partial charge in [0.15, 0.2) is 5.65 Å². The minimum atomic E-state index is -4.57. The topological polar surface area (TPSA) is 54.5 Å². The first-order valence-electron chi connectivity index (χ1n) is 6.82. The fourth-order valence-electron chi connectivity index (χ4n) is 2.16. The first kappa shape index (κ1) is 14.5. The number of alkyl halides is 3. The second-order valence-corrected chi connectivity index (χ2v) is 4.96. The lowest BCUT2D eigenvalue weighted by Crippen LogP contribution is -2.10. The highest BCUT2D eigenvalue weighted by atomic mass is 19.4. The second kappa shape index (κ2) is 5.40. The number of hydrogen-bond acceptors (Lipinski definition) is 3. The summed E-state index contributed by atoms with van der Waals surface area (Å²) in [4.78, 5) is 13.8. The van der Waals surface area contributed by atoms with Crippen molar-refractivity contribution in [2.75, 3.05) is 0 Å². The molecule has 3 rings (SSSR count). The van der Waals surface area contributed by atoms with Gasteiger partial charge in [-0.05, 0) is 17.5 Å². The van der Waals surface area contributed by atoms with Gasteiger partial charge in [-0.15, -0.1) is 0 Å². The van der Waals surface area contributed by atoms with E-state index in [1.54, 1.807) is 0 Å². The van der Waals surface area contributed by atoms with Crippen molar-refractivity contribution in [1.29, 1.82) is 0 Å². The van der Waals surface area contributed by atoms with Crippen molar-refractivity contribution in [2.24, 2.45) is 0 Å². The molecule has 114 valence electrons. The SMILES string of the molecule is CCc1ccc(Cc2nc3nc(C(F)(F)F)ncc3[nH]2)cc1. The van der Waals surface area contributed by atoms with Crippen molar-refractivity contribution in [2.45, 2.75) is 25.9 Å². The van der Waals surface area contributed by atoms with Crippen LogP contribution in [0.2, 0.25) is 0 Å². The molecule has 0 unspecified atom stereocenters. The molecule has 2 heterocycles. The van der Waals surface area contributed by atoms with Crippen LogP contribution >= 0.6 is 0 Å². The third-order valence-corrected chi connectivity index (χ3v) is 3.34. The van der Waals surface area contributed by atoms with Gasteiger partial charge in [-0.1, -0.05) is 31.2 Å². The number of halogens is 3. The molecule has 0 aliphatic heterocycles. The highest BCUT2D eigenvalue weighted by Gasteiger charge is 2.35. The summed E-state index contributed by atoms with van der Waals surface area (Å²) in [6.45, 7) is 2.07. The van der Waals surface area contributed by atoms with Crippen LogP contribution in [0.15, 0.2) is 30.5 Å². The van der Waals surface area contributed by atoms with Crippen LogP contribution < -0.4 is 0 Å². The number of nitrogens with one attached hydrogen (secondary N) is 1. The molecule has 4 nitrogen and oxygen atoms in total. The largest absolute Gasteiger partial charge is 0.451 e. The van der Waals surface area contributed by atoms with E-state index < -0.39 is 12.0 Å². The molecule has 0 saturated carbocycles. The third kappa shape index (κ3) is 2.93. The van der Waals surface area contributed by atoms with E-state index in [1.165, 1.54) is 5.56 Å². The van der Waals surface area contributed by atoms with Crippen LogP contribution in [-0.4, -0.2) is 19.9 Å². The van der Waals surface area contributed by atoms with Gasteiger partial charge in [0.1, 0.15) is 11.3 Å². The normalized spacial score (nSPS) is 12.0. The van der Waals surface area contributed by atoms with Crippen LogP contribution in [0, 0.1) is 0 Å². The highest BCUT2D eigenvalue weighted by molar-refractivity contribution is 5.69. The van der Waals surface area contributed by atoms with Gasteiger partial charge in [-0.25, -0.2) is 15.0 Å². The summed E-state index contributed by atoms with van der Waals surface area (Å²) < 4.78 is 37.7. The van der Waals surface area contributed by atoms with Gasteiger partial charge in [-0.3, -0.25) is 0 Å². The number of hydrogen-bond donors (Lipinski definition) is 1. The molecule has 1 N–H and O–H groups in total. The number of nitrogens with zero attached hydrogens (tertiary/aromatic N) is 3. The Bertz CT molecular complexity index is 791. The molecule has 0 saturated heterocycles. The Morgan fingerprint density at radius 1 is 1.05 bits per heavy atom. The van der Waals surface area contributed by atoms with Crippen LogP contribution in [0.3, 0.4) is 0 Å². The lowest BCUT2D eigenvalue weighted by molar-refractivity contribution is -0.144. The van der Waals surface area contributed by atoms with Crippen molar-refractivity contribution in [3.05, 3.63) is 53.2 Å². The molecule has 3 aromatic rings. The average molecular weight is 306 g/mol. The van der Waals surface area contributed by atoms with E-state index in [9.17, 15) is 13.2 Å². The monoisotopic (exact) mass is 306 g/mol. The number of aromatic nitrogens is 4. The zero-order chi connectivity index (χ0) is 15.7. The zero-order valence-corrected chi connectivity index (χ0v) is 11.8. The quantitative estimate of drug-likeness (QED) is 0.805. The molecule has 0 bridgehead atoms. The van der Waals surface area contributed by atoms with Gasteiger partial charge in [0.2, 0.25) is 5.82 Å². The molecule has 0 atom stereocenters. The van der Waals surface area contributed by atoms with Crippen LogP contribution in [-0.2, 0) is 19.0 Å². The first-order valence-corrected chi connectivity index (χ1v) is 6.82. The van der Waals surface area contributed by atoms with Crippen molar-refractivity contribution >= 4 is 11.2 Å². The van der Waals surface area contributed by atoms with E-state index in [0.717, 1.165) is 18.2 Å². The maximum Gasteiger partial charge on any atom is 0.451 e. The Hall–Kier alpha value is -2.44. The summed E-state index contributed by atoms with van der Waals surface area (Å²) in [7, 11) is 0. The van der Waals surface area contributed by atoms with Gasteiger partial charge in [-0.2, -0.15) is 13.2 Å². The molecular formula is C15H13F3N4. The Balaban J connectivity index is 1.88. The van der Waals surface area contributed by atoms with Gasteiger partial charge in [0.25, 0.3) is 0 Å². The standard InChI is InChI=1S/C15H13F3N4/c1-2-9-3-5-10(6-4-9)7-12-20-11-8-19-14(15(16,17)18)22-13(11)21-12/h3-6,8H,2,7H2,1H3,(H,19,20,21,22). The molecular weight excluding hydrogens is 293 g/mol. The van der Waals surface area contributed by atoms with Gasteiger partial charge in [0, 0.05) is 6.42 Å². The number of fused-ring (bicyclic) bond motifs is 1. The number of aromatic amines is 1. The fraction of sp³-hybridized carbons (Fsp3) is 0.267. The molecule has 0 fully saturated rings. The summed E-state index contributed by atoms with van der Waals surface area (Å²) in [6.07, 6.45) is -1.99. The van der Waals surface area contributed by atoms with E-state index in [4.69, 9.17) is 0 Å². The van der Waals surface area contributed by atoms with Crippen LogP contribution in [0.25, 0.3) is 11.2 Å². The molecule has 0 amide bonds. The minimum Gasteiger partial charge on any atom is -0.339 e. The molecule has 0 aliphatic rings. The second-order valence-electron chi connectivity index (χ2n) is 4.96. The van der Waals surface area contributed by atoms with Crippen LogP contribution in [0.5, 0.6) is 0 Å². The maximum atomic E-state index is 12.6. The summed E-state index contributed by atoms with van der Waals surface area (Å²) >= 11 is 0. The average Bonchev–Trinajstić information content (AvgIpc) is 2.88. The molecule has 2 aromatic heterocycles. The van der Waals surface area contributed by atoms with Crippen molar-refractivity contribution < 1.29 is 13.2 Å².